The van der Waals surface area contributed by atoms with E-state index in [0.29, 0.717) is 6.04 Å². The molecule has 2 atom stereocenters. The summed E-state index contributed by atoms with van der Waals surface area (Å²) in [6.07, 6.45) is 3.41. The molecule has 0 spiro atoms. The van der Waals surface area contributed by atoms with Crippen LogP contribution >= 0.6 is 0 Å². The van der Waals surface area contributed by atoms with Crippen LogP contribution in [0.5, 0.6) is 0 Å². The fourth-order valence-electron chi connectivity index (χ4n) is 2.76. The third-order valence-corrected chi connectivity index (χ3v) is 3.58. The first-order valence-corrected chi connectivity index (χ1v) is 6.21. The predicted octanol–water partition coefficient (Wildman–Crippen LogP) is -1.59. The average Bonchev–Trinajstić information content (AvgIpc) is 2.91. The zero-order chi connectivity index (χ0) is 12.3. The Morgan fingerprint density at radius 2 is 2.06 bits per heavy atom. The molecule has 2 fully saturated rings. The molecule has 0 aliphatic carbocycles. The second kappa shape index (κ2) is 5.46. The number of nitrogens with one attached hydrogen (secondary N) is 2. The number of hydrogen-bond donors (Lipinski definition) is 3. The molecular formula is C11H20N4O2. The second-order valence-electron chi connectivity index (χ2n) is 4.69. The number of nitrogens with two attached hydrogens (primary N) is 1. The summed E-state index contributed by atoms with van der Waals surface area (Å²) in [6, 6.07) is 0.754. The summed E-state index contributed by atoms with van der Waals surface area (Å²) in [5.74, 6) is -0.417. The molecule has 2 heterocycles. The molecule has 2 aliphatic heterocycles. The van der Waals surface area contributed by atoms with Gasteiger partial charge < -0.3 is 16.4 Å². The molecule has 0 radical (unpaired) electrons. The summed E-state index contributed by atoms with van der Waals surface area (Å²) in [5, 5.41) is 5.47. The molecule has 2 unspecified atom stereocenters. The fraction of sp³-hybridized carbons (Fsp3) is 0.818. The molecular weight excluding hydrogens is 220 g/mol. The highest BCUT2D eigenvalue weighted by atomic mass is 16.2. The van der Waals surface area contributed by atoms with Crippen LogP contribution in [0.15, 0.2) is 0 Å². The van der Waals surface area contributed by atoms with Crippen molar-refractivity contribution in [1.82, 2.24) is 15.5 Å². The molecule has 6 nitrogen and oxygen atoms in total. The van der Waals surface area contributed by atoms with Gasteiger partial charge in [0.1, 0.15) is 0 Å². The van der Waals surface area contributed by atoms with Gasteiger partial charge in [-0.05, 0) is 25.8 Å². The van der Waals surface area contributed by atoms with Gasteiger partial charge in [0.15, 0.2) is 0 Å². The number of nitrogens with zero attached hydrogens (tertiary/aromatic N) is 1. The maximum atomic E-state index is 11.6. The molecule has 4 N–H and O–H groups in total. The molecule has 17 heavy (non-hydrogen) atoms. The van der Waals surface area contributed by atoms with Crippen molar-refractivity contribution in [2.75, 3.05) is 26.2 Å². The Morgan fingerprint density at radius 3 is 2.82 bits per heavy atom. The number of hydrogen-bond acceptors (Lipinski definition) is 4. The van der Waals surface area contributed by atoms with E-state index in [0.717, 1.165) is 19.5 Å². The summed E-state index contributed by atoms with van der Waals surface area (Å²) >= 11 is 0. The van der Waals surface area contributed by atoms with Gasteiger partial charge in [-0.15, -0.1) is 0 Å². The lowest BCUT2D eigenvalue weighted by molar-refractivity contribution is -0.125. The molecule has 0 aromatic carbocycles. The Bertz CT molecular complexity index is 308. The van der Waals surface area contributed by atoms with Crippen LogP contribution < -0.4 is 16.4 Å². The van der Waals surface area contributed by atoms with Crippen LogP contribution in [0.1, 0.15) is 19.3 Å². The maximum absolute atomic E-state index is 11.6. The molecule has 2 rings (SSSR count). The quantitative estimate of drug-likeness (QED) is 0.553. The normalized spacial score (nSPS) is 27.8. The number of fused-ring (bicyclic) bond motifs is 1. The van der Waals surface area contributed by atoms with Gasteiger partial charge in [-0.1, -0.05) is 0 Å². The zero-order valence-corrected chi connectivity index (χ0v) is 9.95. The number of carbonyl (C=O) groups is 2. The Hall–Kier alpha value is -1.14. The third kappa shape index (κ3) is 2.95. The highest BCUT2D eigenvalue weighted by molar-refractivity contribution is 5.85. The fourth-order valence-corrected chi connectivity index (χ4v) is 2.76. The lowest BCUT2D eigenvalue weighted by atomic mass is 10.1. The van der Waals surface area contributed by atoms with E-state index in [-0.39, 0.29) is 30.9 Å². The Balaban J connectivity index is 1.73. The number of amides is 2. The monoisotopic (exact) mass is 240 g/mol. The van der Waals surface area contributed by atoms with Gasteiger partial charge in [0.25, 0.3) is 0 Å². The maximum Gasteiger partial charge on any atom is 0.239 e. The van der Waals surface area contributed by atoms with Crippen LogP contribution in [0.2, 0.25) is 0 Å². The predicted molar refractivity (Wildman–Crippen MR) is 63.2 cm³/mol. The van der Waals surface area contributed by atoms with Crippen molar-refractivity contribution < 1.29 is 9.59 Å². The molecule has 0 saturated carbocycles. The van der Waals surface area contributed by atoms with Gasteiger partial charge >= 0.3 is 0 Å². The topological polar surface area (TPSA) is 87.5 Å². The Kier molecular flexibility index (Phi) is 3.96. The van der Waals surface area contributed by atoms with Crippen LogP contribution in [-0.2, 0) is 9.59 Å². The molecule has 2 saturated heterocycles. The van der Waals surface area contributed by atoms with Crippen molar-refractivity contribution in [3.63, 3.8) is 0 Å². The van der Waals surface area contributed by atoms with Gasteiger partial charge in [-0.2, -0.15) is 0 Å². The summed E-state index contributed by atoms with van der Waals surface area (Å²) in [6.45, 7) is 2.18. The number of rotatable bonds is 4. The van der Waals surface area contributed by atoms with E-state index in [2.05, 4.69) is 15.5 Å². The molecule has 0 bridgehead atoms. The Morgan fingerprint density at radius 1 is 1.24 bits per heavy atom. The molecule has 96 valence electrons. The largest absolute Gasteiger partial charge is 0.350 e. The highest BCUT2D eigenvalue weighted by Crippen LogP contribution is 2.27. The van der Waals surface area contributed by atoms with E-state index in [4.69, 9.17) is 5.73 Å². The van der Waals surface area contributed by atoms with Crippen molar-refractivity contribution in [3.05, 3.63) is 0 Å². The first-order chi connectivity index (χ1) is 8.20. The summed E-state index contributed by atoms with van der Waals surface area (Å²) in [7, 11) is 0. The lowest BCUT2D eigenvalue weighted by Gasteiger charge is -2.21. The van der Waals surface area contributed by atoms with E-state index in [1.165, 1.54) is 12.8 Å². The van der Waals surface area contributed by atoms with E-state index >= 15 is 0 Å². The summed E-state index contributed by atoms with van der Waals surface area (Å²) in [4.78, 5) is 25.0. The SMILES string of the molecule is NCC(=O)NCC(=O)NC1CCN2CCCC12. The van der Waals surface area contributed by atoms with Crippen LogP contribution in [0.3, 0.4) is 0 Å². The Labute approximate surface area is 101 Å². The van der Waals surface area contributed by atoms with Crippen LogP contribution in [-0.4, -0.2) is 55.0 Å². The summed E-state index contributed by atoms with van der Waals surface area (Å²) in [5.41, 5.74) is 5.14. The third-order valence-electron chi connectivity index (χ3n) is 3.58. The highest BCUT2D eigenvalue weighted by Gasteiger charge is 2.37. The smallest absolute Gasteiger partial charge is 0.239 e. The van der Waals surface area contributed by atoms with Gasteiger partial charge in [-0.25, -0.2) is 0 Å². The van der Waals surface area contributed by atoms with E-state index in [1.807, 2.05) is 0 Å². The molecule has 0 aromatic heterocycles. The minimum atomic E-state index is -0.297. The van der Waals surface area contributed by atoms with Gasteiger partial charge in [0.2, 0.25) is 11.8 Å². The van der Waals surface area contributed by atoms with Gasteiger partial charge in [0.05, 0.1) is 13.1 Å². The molecule has 0 aromatic rings. The summed E-state index contributed by atoms with van der Waals surface area (Å²) < 4.78 is 0. The standard InChI is InChI=1S/C11H20N4O2/c12-6-10(16)13-7-11(17)14-8-3-5-15-4-1-2-9(8)15/h8-9H,1-7,12H2,(H,13,16)(H,14,17). The van der Waals surface area contributed by atoms with Crippen LogP contribution in [0.4, 0.5) is 0 Å². The van der Waals surface area contributed by atoms with Crippen molar-refractivity contribution in [2.45, 2.75) is 31.3 Å². The average molecular weight is 240 g/mol. The van der Waals surface area contributed by atoms with Crippen molar-refractivity contribution >= 4 is 11.8 Å². The van der Waals surface area contributed by atoms with Crippen molar-refractivity contribution in [1.29, 1.82) is 0 Å². The van der Waals surface area contributed by atoms with E-state index in [9.17, 15) is 9.59 Å². The first-order valence-electron chi connectivity index (χ1n) is 6.21. The van der Waals surface area contributed by atoms with Crippen molar-refractivity contribution in [3.8, 4) is 0 Å². The molecule has 2 aliphatic rings. The van der Waals surface area contributed by atoms with Crippen LogP contribution in [0.25, 0.3) is 0 Å². The van der Waals surface area contributed by atoms with Crippen molar-refractivity contribution in [2.24, 2.45) is 5.73 Å². The van der Waals surface area contributed by atoms with Gasteiger partial charge in [0, 0.05) is 18.6 Å². The molecule has 2 amide bonds. The first kappa shape index (κ1) is 12.3. The van der Waals surface area contributed by atoms with Gasteiger partial charge in [-0.3, -0.25) is 14.5 Å². The lowest BCUT2D eigenvalue weighted by Crippen LogP contribution is -2.47. The minimum Gasteiger partial charge on any atom is -0.350 e. The molecule has 6 heteroatoms. The van der Waals surface area contributed by atoms with E-state index < -0.39 is 0 Å². The number of carbonyl (C=O) groups excluding carboxylic acids is 2. The minimum absolute atomic E-state index is 0.0270. The second-order valence-corrected chi connectivity index (χ2v) is 4.69. The zero-order valence-electron chi connectivity index (χ0n) is 9.95. The van der Waals surface area contributed by atoms with E-state index in [1.54, 1.807) is 0 Å². The van der Waals surface area contributed by atoms with Crippen LogP contribution in [0, 0.1) is 0 Å².